The summed E-state index contributed by atoms with van der Waals surface area (Å²) in [7, 11) is 0. The molecule has 2 aliphatic rings. The molecule has 1 aromatic rings. The standard InChI is InChI=1S/C19H24N2O3S/c1-12(2)10-16(17(22)20-11-13-6-5-9-25-13)21-18(23)14-7-3-4-8-15(14)19(21)24/h3-6,9,12,14-16H,7-8,10-11H2,1-2H3,(H,20,22)/t14-,15-,16+/m0/s1. The molecule has 2 heterocycles. The molecule has 3 rings (SSSR count). The maximum Gasteiger partial charge on any atom is 0.243 e. The van der Waals surface area contributed by atoms with E-state index in [-0.39, 0.29) is 35.5 Å². The summed E-state index contributed by atoms with van der Waals surface area (Å²) < 4.78 is 0. The Bertz CT molecular complexity index is 655. The maximum absolute atomic E-state index is 12.8. The van der Waals surface area contributed by atoms with Gasteiger partial charge >= 0.3 is 0 Å². The van der Waals surface area contributed by atoms with E-state index in [0.29, 0.717) is 25.8 Å². The maximum atomic E-state index is 12.8. The van der Waals surface area contributed by atoms with E-state index < -0.39 is 6.04 Å². The summed E-state index contributed by atoms with van der Waals surface area (Å²) >= 11 is 1.57. The molecule has 25 heavy (non-hydrogen) atoms. The first-order chi connectivity index (χ1) is 12.0. The number of fused-ring (bicyclic) bond motifs is 1. The van der Waals surface area contributed by atoms with Crippen LogP contribution >= 0.6 is 11.3 Å². The minimum atomic E-state index is -0.717. The molecular formula is C19H24N2O3S. The van der Waals surface area contributed by atoms with Gasteiger partial charge in [-0.2, -0.15) is 0 Å². The van der Waals surface area contributed by atoms with Gasteiger partial charge in [0.2, 0.25) is 17.7 Å². The number of hydrogen-bond donors (Lipinski definition) is 1. The van der Waals surface area contributed by atoms with Gasteiger partial charge in [0, 0.05) is 4.88 Å². The summed E-state index contributed by atoms with van der Waals surface area (Å²) in [6.07, 6.45) is 5.60. The van der Waals surface area contributed by atoms with Crippen LogP contribution in [0.3, 0.4) is 0 Å². The third-order valence-corrected chi connectivity index (χ3v) is 5.74. The van der Waals surface area contributed by atoms with E-state index in [0.717, 1.165) is 4.88 Å². The fourth-order valence-electron chi connectivity index (χ4n) is 3.61. The minimum Gasteiger partial charge on any atom is -0.349 e. The van der Waals surface area contributed by atoms with E-state index in [1.807, 2.05) is 43.5 Å². The van der Waals surface area contributed by atoms with Crippen molar-refractivity contribution >= 4 is 29.1 Å². The molecule has 0 unspecified atom stereocenters. The second kappa shape index (κ2) is 7.52. The van der Waals surface area contributed by atoms with Gasteiger partial charge < -0.3 is 5.32 Å². The van der Waals surface area contributed by atoms with Gasteiger partial charge in [0.25, 0.3) is 0 Å². The number of amides is 3. The monoisotopic (exact) mass is 360 g/mol. The van der Waals surface area contributed by atoms with Crippen LogP contribution in [0.5, 0.6) is 0 Å². The summed E-state index contributed by atoms with van der Waals surface area (Å²) in [6.45, 7) is 4.42. The molecule has 6 heteroatoms. The summed E-state index contributed by atoms with van der Waals surface area (Å²) in [5.74, 6) is -0.990. The molecule has 0 bridgehead atoms. The van der Waals surface area contributed by atoms with Gasteiger partial charge in [0.15, 0.2) is 0 Å². The van der Waals surface area contributed by atoms with E-state index in [2.05, 4.69) is 5.32 Å². The van der Waals surface area contributed by atoms with Crippen LogP contribution in [0, 0.1) is 17.8 Å². The SMILES string of the molecule is CC(C)C[C@H](C(=O)NCc1cccs1)N1C(=O)[C@H]2CC=CC[C@@H]2C1=O. The molecule has 1 N–H and O–H groups in total. The number of thiophene rings is 1. The number of nitrogens with zero attached hydrogens (tertiary/aromatic N) is 1. The van der Waals surface area contributed by atoms with Crippen LogP contribution in [0.2, 0.25) is 0 Å². The highest BCUT2D eigenvalue weighted by Gasteiger charge is 2.51. The molecule has 134 valence electrons. The number of nitrogens with one attached hydrogen (secondary N) is 1. The van der Waals surface area contributed by atoms with Gasteiger partial charge in [-0.05, 0) is 36.6 Å². The van der Waals surface area contributed by atoms with Gasteiger partial charge in [-0.3, -0.25) is 19.3 Å². The van der Waals surface area contributed by atoms with Crippen molar-refractivity contribution in [1.82, 2.24) is 10.2 Å². The zero-order valence-corrected chi connectivity index (χ0v) is 15.4. The van der Waals surface area contributed by atoms with Gasteiger partial charge in [-0.1, -0.05) is 32.1 Å². The second-order valence-electron chi connectivity index (χ2n) is 7.14. The Morgan fingerprint density at radius 3 is 2.40 bits per heavy atom. The van der Waals surface area contributed by atoms with Crippen molar-refractivity contribution in [2.24, 2.45) is 17.8 Å². The summed E-state index contributed by atoms with van der Waals surface area (Å²) in [6, 6.07) is 3.17. The van der Waals surface area contributed by atoms with Gasteiger partial charge in [0.1, 0.15) is 6.04 Å². The lowest BCUT2D eigenvalue weighted by Crippen LogP contribution is -2.50. The molecule has 5 nitrogen and oxygen atoms in total. The third-order valence-electron chi connectivity index (χ3n) is 4.87. The normalized spacial score (nSPS) is 23.9. The highest BCUT2D eigenvalue weighted by atomic mass is 32.1. The van der Waals surface area contributed by atoms with Crippen molar-refractivity contribution in [2.45, 2.75) is 45.7 Å². The molecule has 0 spiro atoms. The lowest BCUT2D eigenvalue weighted by atomic mass is 9.85. The highest BCUT2D eigenvalue weighted by Crippen LogP contribution is 2.37. The average molecular weight is 360 g/mol. The topological polar surface area (TPSA) is 66.5 Å². The predicted molar refractivity (Wildman–Crippen MR) is 96.6 cm³/mol. The van der Waals surface area contributed by atoms with Crippen molar-refractivity contribution in [3.8, 4) is 0 Å². The van der Waals surface area contributed by atoms with Gasteiger partial charge in [-0.15, -0.1) is 11.3 Å². The molecule has 0 radical (unpaired) electrons. The number of carbonyl (C=O) groups excluding carboxylic acids is 3. The van der Waals surface area contributed by atoms with E-state index >= 15 is 0 Å². The van der Waals surface area contributed by atoms with Gasteiger partial charge in [0.05, 0.1) is 18.4 Å². The van der Waals surface area contributed by atoms with Crippen LogP contribution in [0.1, 0.15) is 38.0 Å². The molecule has 1 saturated heterocycles. The Morgan fingerprint density at radius 1 is 1.24 bits per heavy atom. The zero-order valence-electron chi connectivity index (χ0n) is 14.6. The first kappa shape index (κ1) is 17.9. The number of hydrogen-bond acceptors (Lipinski definition) is 4. The summed E-state index contributed by atoms with van der Waals surface area (Å²) in [5, 5.41) is 4.86. The fraction of sp³-hybridized carbons (Fsp3) is 0.526. The molecule has 1 aliphatic carbocycles. The fourth-order valence-corrected chi connectivity index (χ4v) is 4.26. The lowest BCUT2D eigenvalue weighted by Gasteiger charge is -2.27. The van der Waals surface area contributed by atoms with Crippen LogP contribution in [0.25, 0.3) is 0 Å². The minimum absolute atomic E-state index is 0.184. The molecule has 0 saturated carbocycles. The highest BCUT2D eigenvalue weighted by molar-refractivity contribution is 7.09. The van der Waals surface area contributed by atoms with Crippen LogP contribution in [0.4, 0.5) is 0 Å². The molecule has 1 aromatic heterocycles. The Balaban J connectivity index is 1.76. The Hall–Kier alpha value is -1.95. The smallest absolute Gasteiger partial charge is 0.243 e. The van der Waals surface area contributed by atoms with E-state index in [4.69, 9.17) is 0 Å². The van der Waals surface area contributed by atoms with Crippen molar-refractivity contribution in [3.63, 3.8) is 0 Å². The molecule has 1 fully saturated rings. The third kappa shape index (κ3) is 3.68. The van der Waals surface area contributed by atoms with Crippen LogP contribution in [0.15, 0.2) is 29.7 Å². The van der Waals surface area contributed by atoms with E-state index in [1.165, 1.54) is 4.90 Å². The quantitative estimate of drug-likeness (QED) is 0.627. The van der Waals surface area contributed by atoms with Crippen molar-refractivity contribution in [2.75, 3.05) is 0 Å². The van der Waals surface area contributed by atoms with Crippen LogP contribution in [-0.4, -0.2) is 28.7 Å². The first-order valence-corrected chi connectivity index (χ1v) is 9.69. The number of carbonyl (C=O) groups is 3. The molecule has 3 amide bonds. The lowest BCUT2D eigenvalue weighted by molar-refractivity contribution is -0.148. The average Bonchev–Trinajstić information content (AvgIpc) is 3.19. The Morgan fingerprint density at radius 2 is 1.88 bits per heavy atom. The summed E-state index contributed by atoms with van der Waals surface area (Å²) in [5.41, 5.74) is 0. The number of likely N-dealkylation sites (tertiary alicyclic amines) is 1. The van der Waals surface area contributed by atoms with Crippen LogP contribution in [-0.2, 0) is 20.9 Å². The number of allylic oxidation sites excluding steroid dienone is 2. The predicted octanol–water partition coefficient (Wildman–Crippen LogP) is 2.73. The van der Waals surface area contributed by atoms with Crippen LogP contribution < -0.4 is 5.32 Å². The number of imide groups is 1. The Kier molecular flexibility index (Phi) is 5.37. The summed E-state index contributed by atoms with van der Waals surface area (Å²) in [4.78, 5) is 40.7. The molecular weight excluding hydrogens is 336 g/mol. The van der Waals surface area contributed by atoms with Crippen molar-refractivity contribution < 1.29 is 14.4 Å². The first-order valence-electron chi connectivity index (χ1n) is 8.81. The second-order valence-corrected chi connectivity index (χ2v) is 8.18. The largest absolute Gasteiger partial charge is 0.349 e. The van der Waals surface area contributed by atoms with Crippen molar-refractivity contribution in [3.05, 3.63) is 34.5 Å². The number of rotatable bonds is 6. The molecule has 0 aromatic carbocycles. The zero-order chi connectivity index (χ0) is 18.0. The van der Waals surface area contributed by atoms with Crippen molar-refractivity contribution in [1.29, 1.82) is 0 Å². The molecule has 1 aliphatic heterocycles. The Labute approximate surface area is 152 Å². The van der Waals surface area contributed by atoms with E-state index in [1.54, 1.807) is 11.3 Å². The van der Waals surface area contributed by atoms with Gasteiger partial charge in [-0.25, -0.2) is 0 Å². The van der Waals surface area contributed by atoms with E-state index in [9.17, 15) is 14.4 Å². The molecule has 3 atom stereocenters.